The van der Waals surface area contributed by atoms with E-state index >= 15 is 0 Å². The van der Waals surface area contributed by atoms with E-state index in [9.17, 15) is 9.59 Å². The second-order valence-corrected chi connectivity index (χ2v) is 7.11. The number of aromatic nitrogens is 4. The first-order valence-corrected chi connectivity index (χ1v) is 9.75. The lowest BCUT2D eigenvalue weighted by molar-refractivity contribution is 0.0926. The summed E-state index contributed by atoms with van der Waals surface area (Å²) >= 11 is 0. The van der Waals surface area contributed by atoms with Crippen molar-refractivity contribution < 1.29 is 9.59 Å². The van der Waals surface area contributed by atoms with Gasteiger partial charge in [0.15, 0.2) is 0 Å². The zero-order valence-electron chi connectivity index (χ0n) is 16.6. The van der Waals surface area contributed by atoms with E-state index in [1.165, 1.54) is 4.90 Å². The Kier molecular flexibility index (Phi) is 4.10. The zero-order valence-corrected chi connectivity index (χ0v) is 16.6. The minimum Gasteiger partial charge on any atom is -0.269 e. The van der Waals surface area contributed by atoms with Crippen molar-refractivity contribution in [3.05, 3.63) is 83.8 Å². The Morgan fingerprint density at radius 1 is 0.833 bits per heavy atom. The molecule has 4 aromatic rings. The molecule has 1 aliphatic rings. The fourth-order valence-electron chi connectivity index (χ4n) is 3.81. The van der Waals surface area contributed by atoms with Crippen LogP contribution in [0.4, 0.5) is 5.69 Å². The van der Waals surface area contributed by atoms with Crippen LogP contribution in [0.5, 0.6) is 0 Å². The van der Waals surface area contributed by atoms with Gasteiger partial charge in [0.1, 0.15) is 0 Å². The SMILES string of the molecule is CCn1ncc(-c2ccn(-c3ccc(N4C(=O)c5ccccc5C4=O)cc3)n2)c1C. The molecule has 0 saturated heterocycles. The highest BCUT2D eigenvalue weighted by Crippen LogP contribution is 2.29. The minimum atomic E-state index is -0.298. The minimum absolute atomic E-state index is 0.298. The van der Waals surface area contributed by atoms with Crippen molar-refractivity contribution in [2.45, 2.75) is 20.4 Å². The smallest absolute Gasteiger partial charge is 0.266 e. The maximum absolute atomic E-state index is 12.7. The Bertz CT molecular complexity index is 1250. The number of hydrogen-bond acceptors (Lipinski definition) is 4. The summed E-state index contributed by atoms with van der Waals surface area (Å²) in [6.07, 6.45) is 3.71. The second kappa shape index (κ2) is 6.81. The normalized spacial score (nSPS) is 13.2. The molecule has 2 aromatic carbocycles. The van der Waals surface area contributed by atoms with E-state index in [4.69, 9.17) is 0 Å². The van der Waals surface area contributed by atoms with Crippen LogP contribution in [0.3, 0.4) is 0 Å². The van der Waals surface area contributed by atoms with E-state index in [-0.39, 0.29) is 11.8 Å². The number of anilines is 1. The summed E-state index contributed by atoms with van der Waals surface area (Å²) in [7, 11) is 0. The molecule has 0 atom stereocenters. The van der Waals surface area contributed by atoms with Crippen LogP contribution in [0.15, 0.2) is 67.0 Å². The molecule has 0 saturated carbocycles. The van der Waals surface area contributed by atoms with Gasteiger partial charge in [-0.25, -0.2) is 9.58 Å². The Morgan fingerprint density at radius 2 is 1.47 bits per heavy atom. The molecular weight excluding hydrogens is 378 g/mol. The number of carbonyl (C=O) groups is 2. The Labute approximate surface area is 173 Å². The van der Waals surface area contributed by atoms with Gasteiger partial charge in [0, 0.05) is 24.0 Å². The monoisotopic (exact) mass is 397 g/mol. The van der Waals surface area contributed by atoms with E-state index in [0.29, 0.717) is 16.8 Å². The number of carbonyl (C=O) groups excluding carboxylic acids is 2. The van der Waals surface area contributed by atoms with Crippen LogP contribution in [0.2, 0.25) is 0 Å². The highest BCUT2D eigenvalue weighted by molar-refractivity contribution is 6.34. The van der Waals surface area contributed by atoms with Gasteiger partial charge in [-0.15, -0.1) is 0 Å². The van der Waals surface area contributed by atoms with Crippen LogP contribution in [-0.4, -0.2) is 31.4 Å². The number of benzene rings is 2. The van der Waals surface area contributed by atoms with E-state index in [1.54, 1.807) is 41.1 Å². The molecule has 0 aliphatic carbocycles. The first-order valence-electron chi connectivity index (χ1n) is 9.75. The topological polar surface area (TPSA) is 73.0 Å². The summed E-state index contributed by atoms with van der Waals surface area (Å²) in [5.74, 6) is -0.596. The standard InChI is InChI=1S/C23H19N5O2/c1-3-26-15(2)20(14-24-26)21-12-13-27(25-21)16-8-10-17(11-9-16)28-22(29)18-6-4-5-7-19(18)23(28)30/h4-14H,3H2,1-2H3. The average Bonchev–Trinajstić information content (AvgIpc) is 3.46. The van der Waals surface area contributed by atoms with Gasteiger partial charge in [0.25, 0.3) is 11.8 Å². The van der Waals surface area contributed by atoms with Gasteiger partial charge in [-0.3, -0.25) is 14.3 Å². The fourth-order valence-corrected chi connectivity index (χ4v) is 3.81. The van der Waals surface area contributed by atoms with Crippen molar-refractivity contribution >= 4 is 17.5 Å². The highest BCUT2D eigenvalue weighted by Gasteiger charge is 2.36. The number of hydrogen-bond donors (Lipinski definition) is 0. The number of rotatable bonds is 4. The first kappa shape index (κ1) is 18.1. The predicted octanol–water partition coefficient (Wildman–Crippen LogP) is 3.86. The fraction of sp³-hybridized carbons (Fsp3) is 0.130. The molecule has 0 fully saturated rings. The molecular formula is C23H19N5O2. The third-order valence-electron chi connectivity index (χ3n) is 5.43. The van der Waals surface area contributed by atoms with Gasteiger partial charge in [0.05, 0.1) is 34.4 Å². The summed E-state index contributed by atoms with van der Waals surface area (Å²) in [6, 6.07) is 16.0. The van der Waals surface area contributed by atoms with Crippen molar-refractivity contribution in [1.82, 2.24) is 19.6 Å². The predicted molar refractivity (Wildman–Crippen MR) is 113 cm³/mol. The molecule has 7 heteroatoms. The van der Waals surface area contributed by atoms with Gasteiger partial charge < -0.3 is 0 Å². The summed E-state index contributed by atoms with van der Waals surface area (Å²) in [4.78, 5) is 26.5. The van der Waals surface area contributed by atoms with E-state index in [2.05, 4.69) is 17.1 Å². The maximum Gasteiger partial charge on any atom is 0.266 e. The lowest BCUT2D eigenvalue weighted by Gasteiger charge is -2.14. The highest BCUT2D eigenvalue weighted by atomic mass is 16.2. The van der Waals surface area contributed by atoms with Gasteiger partial charge in [0.2, 0.25) is 0 Å². The average molecular weight is 397 g/mol. The Balaban J connectivity index is 1.43. The summed E-state index contributed by atoms with van der Waals surface area (Å²) in [5.41, 5.74) is 5.16. The molecule has 7 nitrogen and oxygen atoms in total. The molecule has 0 N–H and O–H groups in total. The molecule has 1 aliphatic heterocycles. The zero-order chi connectivity index (χ0) is 20.8. The molecule has 2 aromatic heterocycles. The molecule has 0 spiro atoms. The molecule has 0 unspecified atom stereocenters. The Morgan fingerprint density at radius 3 is 2.07 bits per heavy atom. The molecule has 3 heterocycles. The maximum atomic E-state index is 12.7. The van der Waals surface area contributed by atoms with E-state index < -0.39 is 0 Å². The number of aryl methyl sites for hydroxylation is 1. The van der Waals surface area contributed by atoms with Gasteiger partial charge in [-0.05, 0) is 56.3 Å². The third kappa shape index (κ3) is 2.67. The van der Waals surface area contributed by atoms with Crippen LogP contribution in [0.1, 0.15) is 33.3 Å². The van der Waals surface area contributed by atoms with Crippen LogP contribution < -0.4 is 4.90 Å². The second-order valence-electron chi connectivity index (χ2n) is 7.11. The first-order chi connectivity index (χ1) is 14.6. The number of amides is 2. The number of imide groups is 1. The van der Waals surface area contributed by atoms with Gasteiger partial charge >= 0.3 is 0 Å². The summed E-state index contributed by atoms with van der Waals surface area (Å²) in [6.45, 7) is 4.89. The van der Waals surface area contributed by atoms with E-state index in [0.717, 1.165) is 29.2 Å². The van der Waals surface area contributed by atoms with Crippen molar-refractivity contribution in [1.29, 1.82) is 0 Å². The molecule has 0 radical (unpaired) electrons. The molecule has 2 amide bonds. The number of nitrogens with zero attached hydrogens (tertiary/aromatic N) is 5. The van der Waals surface area contributed by atoms with Crippen molar-refractivity contribution in [3.63, 3.8) is 0 Å². The van der Waals surface area contributed by atoms with Crippen molar-refractivity contribution in [2.24, 2.45) is 0 Å². The molecule has 0 bridgehead atoms. The van der Waals surface area contributed by atoms with Gasteiger partial charge in [-0.2, -0.15) is 10.2 Å². The van der Waals surface area contributed by atoms with Crippen molar-refractivity contribution in [3.8, 4) is 16.9 Å². The molecule has 5 rings (SSSR count). The summed E-state index contributed by atoms with van der Waals surface area (Å²) < 4.78 is 3.70. The van der Waals surface area contributed by atoms with E-state index in [1.807, 2.05) is 42.2 Å². The lowest BCUT2D eigenvalue weighted by atomic mass is 10.1. The largest absolute Gasteiger partial charge is 0.269 e. The van der Waals surface area contributed by atoms with Crippen molar-refractivity contribution in [2.75, 3.05) is 4.90 Å². The van der Waals surface area contributed by atoms with Crippen LogP contribution in [-0.2, 0) is 6.54 Å². The quantitative estimate of drug-likeness (QED) is 0.490. The summed E-state index contributed by atoms with van der Waals surface area (Å²) in [5, 5.41) is 9.04. The van der Waals surface area contributed by atoms with Crippen LogP contribution >= 0.6 is 0 Å². The van der Waals surface area contributed by atoms with Gasteiger partial charge in [-0.1, -0.05) is 12.1 Å². The molecule has 148 valence electrons. The van der Waals surface area contributed by atoms with Crippen LogP contribution in [0.25, 0.3) is 16.9 Å². The number of fused-ring (bicyclic) bond motifs is 1. The Hall–Kier alpha value is -4.00. The third-order valence-corrected chi connectivity index (χ3v) is 5.43. The molecule has 30 heavy (non-hydrogen) atoms. The lowest BCUT2D eigenvalue weighted by Crippen LogP contribution is -2.29. The van der Waals surface area contributed by atoms with Crippen LogP contribution in [0, 0.1) is 6.92 Å².